The Bertz CT molecular complexity index is 219. The van der Waals surface area contributed by atoms with Crippen LogP contribution in [0.1, 0.15) is 104 Å². The summed E-state index contributed by atoms with van der Waals surface area (Å²) in [5, 5.41) is 0. The van der Waals surface area contributed by atoms with Crippen LogP contribution in [0, 0.1) is 5.92 Å². The van der Waals surface area contributed by atoms with Crippen molar-refractivity contribution in [1.29, 1.82) is 0 Å². The van der Waals surface area contributed by atoms with E-state index in [1.807, 2.05) is 0 Å². The number of unbranched alkanes of at least 4 members (excludes halogenated alkanes) is 11. The van der Waals surface area contributed by atoms with Crippen LogP contribution in [-0.4, -0.2) is 5.91 Å². The summed E-state index contributed by atoms with van der Waals surface area (Å²) < 4.78 is 0. The van der Waals surface area contributed by atoms with Crippen LogP contribution in [0.3, 0.4) is 0 Å². The molecule has 128 valence electrons. The lowest BCUT2D eigenvalue weighted by molar-refractivity contribution is -0.122. The second-order valence-electron chi connectivity index (χ2n) is 6.19. The highest BCUT2D eigenvalue weighted by Crippen LogP contribution is 2.15. The molecule has 5 N–H and O–H groups in total. The van der Waals surface area contributed by atoms with Gasteiger partial charge in [0.25, 0.3) is 0 Å². The van der Waals surface area contributed by atoms with Crippen LogP contribution in [-0.2, 0) is 4.79 Å². The number of rotatable bonds is 15. The highest BCUT2D eigenvalue weighted by Gasteiger charge is 2.11. The Morgan fingerprint density at radius 3 is 1.48 bits per heavy atom. The summed E-state index contributed by atoms with van der Waals surface area (Å²) in [4.78, 5) is 11.1. The first-order chi connectivity index (χ1) is 9.72. The van der Waals surface area contributed by atoms with Gasteiger partial charge in [-0.15, -0.1) is 0 Å². The van der Waals surface area contributed by atoms with E-state index in [0.29, 0.717) is 0 Å². The fraction of sp³-hybridized carbons (Fsp3) is 0.944. The van der Waals surface area contributed by atoms with E-state index in [4.69, 9.17) is 5.73 Å². The maximum atomic E-state index is 11.1. The molecular weight excluding hydrogens is 260 g/mol. The molecule has 0 aromatic heterocycles. The number of hydrogen-bond donors (Lipinski definition) is 2. The van der Waals surface area contributed by atoms with E-state index in [-0.39, 0.29) is 18.0 Å². The summed E-state index contributed by atoms with van der Waals surface area (Å²) in [6.45, 7) is 4.32. The van der Waals surface area contributed by atoms with E-state index in [0.717, 1.165) is 12.8 Å². The molecule has 0 aliphatic carbocycles. The third kappa shape index (κ3) is 15.6. The zero-order valence-corrected chi connectivity index (χ0v) is 14.7. The summed E-state index contributed by atoms with van der Waals surface area (Å²) in [6.07, 6.45) is 18.3. The van der Waals surface area contributed by atoms with Crippen molar-refractivity contribution in [2.24, 2.45) is 11.7 Å². The van der Waals surface area contributed by atoms with Crippen molar-refractivity contribution in [3.8, 4) is 0 Å². The van der Waals surface area contributed by atoms with Crippen molar-refractivity contribution in [3.63, 3.8) is 0 Å². The first kappa shape index (κ1) is 22.7. The Hall–Kier alpha value is -0.570. The fourth-order valence-corrected chi connectivity index (χ4v) is 2.78. The molecule has 0 radical (unpaired) electrons. The lowest BCUT2D eigenvalue weighted by Gasteiger charge is -2.09. The zero-order valence-electron chi connectivity index (χ0n) is 14.7. The molecule has 1 atom stereocenters. The summed E-state index contributed by atoms with van der Waals surface area (Å²) in [5.74, 6) is -0.00584. The van der Waals surface area contributed by atoms with Crippen LogP contribution in [0.15, 0.2) is 0 Å². The van der Waals surface area contributed by atoms with E-state index in [9.17, 15) is 4.79 Å². The Balaban J connectivity index is 0. The molecule has 1 amide bonds. The second-order valence-corrected chi connectivity index (χ2v) is 6.19. The molecule has 0 rings (SSSR count). The Morgan fingerprint density at radius 2 is 1.14 bits per heavy atom. The second kappa shape index (κ2) is 17.5. The van der Waals surface area contributed by atoms with Crippen molar-refractivity contribution < 1.29 is 4.79 Å². The van der Waals surface area contributed by atoms with Gasteiger partial charge in [0.05, 0.1) is 0 Å². The third-order valence-corrected chi connectivity index (χ3v) is 4.30. The maximum absolute atomic E-state index is 11.1. The molecule has 0 aliphatic heterocycles. The van der Waals surface area contributed by atoms with Crippen molar-refractivity contribution in [2.75, 3.05) is 0 Å². The van der Waals surface area contributed by atoms with Gasteiger partial charge >= 0.3 is 0 Å². The van der Waals surface area contributed by atoms with Crippen LogP contribution in [0.25, 0.3) is 0 Å². The number of hydrogen-bond acceptors (Lipinski definition) is 2. The molecule has 0 saturated carbocycles. The number of primary amides is 1. The fourth-order valence-electron chi connectivity index (χ4n) is 2.78. The molecule has 0 bridgehead atoms. The predicted molar refractivity (Wildman–Crippen MR) is 93.7 cm³/mol. The number of carbonyl (C=O) groups is 1. The lowest BCUT2D eigenvalue weighted by atomic mass is 9.97. The van der Waals surface area contributed by atoms with Crippen LogP contribution in [0.2, 0.25) is 0 Å². The molecule has 1 unspecified atom stereocenters. The smallest absolute Gasteiger partial charge is 0.220 e. The van der Waals surface area contributed by atoms with Gasteiger partial charge in [-0.3, -0.25) is 4.79 Å². The minimum Gasteiger partial charge on any atom is -0.369 e. The molecule has 0 heterocycles. The Kier molecular flexibility index (Phi) is 18.9. The Morgan fingerprint density at radius 1 is 0.762 bits per heavy atom. The molecule has 0 aliphatic rings. The summed E-state index contributed by atoms with van der Waals surface area (Å²) in [7, 11) is 0. The maximum Gasteiger partial charge on any atom is 0.220 e. The molecule has 0 spiro atoms. The molecule has 3 heteroatoms. The number of amides is 1. The van der Waals surface area contributed by atoms with Crippen molar-refractivity contribution in [2.45, 2.75) is 104 Å². The molecule has 0 aromatic carbocycles. The molecule has 0 aromatic rings. The van der Waals surface area contributed by atoms with E-state index >= 15 is 0 Å². The molecule has 21 heavy (non-hydrogen) atoms. The Labute approximate surface area is 133 Å². The van der Waals surface area contributed by atoms with Gasteiger partial charge < -0.3 is 11.9 Å². The molecule has 3 nitrogen and oxygen atoms in total. The average Bonchev–Trinajstić information content (AvgIpc) is 2.43. The molecular formula is C18H40N2O. The van der Waals surface area contributed by atoms with Crippen molar-refractivity contribution in [1.82, 2.24) is 6.15 Å². The predicted octanol–water partition coefficient (Wildman–Crippen LogP) is 5.75. The van der Waals surface area contributed by atoms with E-state index in [1.54, 1.807) is 0 Å². The minimum absolute atomic E-state index is 0. The average molecular weight is 301 g/mol. The van der Waals surface area contributed by atoms with Gasteiger partial charge in [0.2, 0.25) is 5.91 Å². The monoisotopic (exact) mass is 300 g/mol. The summed E-state index contributed by atoms with van der Waals surface area (Å²) >= 11 is 0. The lowest BCUT2D eigenvalue weighted by Crippen LogP contribution is -2.22. The number of nitrogens with two attached hydrogens (primary N) is 1. The first-order valence-corrected chi connectivity index (χ1v) is 9.01. The van der Waals surface area contributed by atoms with E-state index < -0.39 is 0 Å². The number of carbonyl (C=O) groups excluding carboxylic acids is 1. The molecule has 0 fully saturated rings. The quantitative estimate of drug-likeness (QED) is 0.378. The van der Waals surface area contributed by atoms with Gasteiger partial charge in [-0.2, -0.15) is 0 Å². The topological polar surface area (TPSA) is 78.1 Å². The standard InChI is InChI=1S/C18H37NO.H3N/c1-3-5-6-7-8-9-10-11-12-13-14-15-16-17(4-2)18(19)20;/h17H,3-16H2,1-2H3,(H2,19,20);1H3. The van der Waals surface area contributed by atoms with Gasteiger partial charge in [-0.1, -0.05) is 90.9 Å². The highest BCUT2D eigenvalue weighted by atomic mass is 16.1. The van der Waals surface area contributed by atoms with Crippen LogP contribution < -0.4 is 11.9 Å². The van der Waals surface area contributed by atoms with Crippen LogP contribution >= 0.6 is 0 Å². The van der Waals surface area contributed by atoms with E-state index in [1.165, 1.54) is 77.0 Å². The van der Waals surface area contributed by atoms with Gasteiger partial charge in [0.1, 0.15) is 0 Å². The SMILES string of the molecule is CCCCCCCCCCCCCCC(CC)C(N)=O.N. The van der Waals surface area contributed by atoms with Gasteiger partial charge in [0.15, 0.2) is 0 Å². The van der Waals surface area contributed by atoms with Crippen molar-refractivity contribution in [3.05, 3.63) is 0 Å². The normalized spacial score (nSPS) is 11.9. The van der Waals surface area contributed by atoms with Gasteiger partial charge in [-0.25, -0.2) is 0 Å². The highest BCUT2D eigenvalue weighted by molar-refractivity contribution is 5.76. The summed E-state index contributed by atoms with van der Waals surface area (Å²) in [6, 6.07) is 0. The van der Waals surface area contributed by atoms with Gasteiger partial charge in [-0.05, 0) is 12.8 Å². The van der Waals surface area contributed by atoms with Crippen LogP contribution in [0.5, 0.6) is 0 Å². The third-order valence-electron chi connectivity index (χ3n) is 4.30. The van der Waals surface area contributed by atoms with Crippen LogP contribution in [0.4, 0.5) is 0 Å². The van der Waals surface area contributed by atoms with Gasteiger partial charge in [0, 0.05) is 5.92 Å². The largest absolute Gasteiger partial charge is 0.369 e. The first-order valence-electron chi connectivity index (χ1n) is 9.01. The zero-order chi connectivity index (χ0) is 15.1. The van der Waals surface area contributed by atoms with E-state index in [2.05, 4.69) is 13.8 Å². The minimum atomic E-state index is -0.115. The molecule has 0 saturated heterocycles. The van der Waals surface area contributed by atoms with Crippen molar-refractivity contribution >= 4 is 5.91 Å². The summed E-state index contributed by atoms with van der Waals surface area (Å²) in [5.41, 5.74) is 5.35.